The number of hydrogen-bond acceptors (Lipinski definition) is 3. The van der Waals surface area contributed by atoms with E-state index in [-0.39, 0.29) is 17.1 Å². The van der Waals surface area contributed by atoms with Crippen LogP contribution in [0.4, 0.5) is 0 Å². The van der Waals surface area contributed by atoms with Gasteiger partial charge in [0.05, 0.1) is 12.7 Å². The van der Waals surface area contributed by atoms with Crippen LogP contribution in [-0.4, -0.2) is 26.8 Å². The van der Waals surface area contributed by atoms with E-state index in [9.17, 15) is 4.79 Å². The zero-order chi connectivity index (χ0) is 23.5. The summed E-state index contributed by atoms with van der Waals surface area (Å²) in [5.74, 6) is -0.283. The maximum absolute atomic E-state index is 13.1. The third-order valence-electron chi connectivity index (χ3n) is 7.08. The number of carbonyl (C=O) groups is 1. The summed E-state index contributed by atoms with van der Waals surface area (Å²) in [6.45, 7) is 9.25. The molecule has 3 nitrogen and oxygen atoms in total. The predicted octanol–water partition coefficient (Wildman–Crippen LogP) is 5.30. The van der Waals surface area contributed by atoms with Crippen LogP contribution in [0.15, 0.2) is 91.0 Å². The molecule has 1 aliphatic rings. The molecule has 1 aliphatic heterocycles. The maximum Gasteiger partial charge on any atom is 0.343 e. The van der Waals surface area contributed by atoms with Gasteiger partial charge in [0.25, 0.3) is 0 Å². The first-order valence-corrected chi connectivity index (χ1v) is 14.1. The van der Waals surface area contributed by atoms with Crippen LogP contribution < -0.4 is 10.4 Å². The summed E-state index contributed by atoms with van der Waals surface area (Å²) in [5.41, 5.74) is -0.130. The average molecular weight is 459 g/mol. The Hall–Kier alpha value is -2.69. The molecule has 1 saturated heterocycles. The first-order chi connectivity index (χ1) is 15.8. The first kappa shape index (κ1) is 23.5. The highest BCUT2D eigenvalue weighted by Gasteiger charge is 2.58. The highest BCUT2D eigenvalue weighted by Crippen LogP contribution is 2.49. The molecule has 3 aromatic carbocycles. The molecule has 2 atom stereocenters. The summed E-state index contributed by atoms with van der Waals surface area (Å²) in [5, 5.41) is 2.86. The van der Waals surface area contributed by atoms with Gasteiger partial charge in [0, 0.05) is 6.42 Å². The quantitative estimate of drug-likeness (QED) is 0.356. The molecule has 3 aromatic rings. The fourth-order valence-corrected chi connectivity index (χ4v) is 11.0. The molecule has 0 amide bonds. The Kier molecular flexibility index (Phi) is 6.60. The molecule has 0 spiro atoms. The molecule has 0 radical (unpaired) electrons. The fourth-order valence-electron chi connectivity index (χ4n) is 5.46. The van der Waals surface area contributed by atoms with Gasteiger partial charge in [0.2, 0.25) is 0 Å². The van der Waals surface area contributed by atoms with Crippen molar-refractivity contribution in [3.05, 3.63) is 96.6 Å². The molecule has 172 valence electrons. The lowest BCUT2D eigenvalue weighted by Crippen LogP contribution is -2.68. The smallest absolute Gasteiger partial charge is 0.343 e. The van der Waals surface area contributed by atoms with Crippen LogP contribution in [0.1, 0.15) is 39.7 Å². The van der Waals surface area contributed by atoms with E-state index >= 15 is 0 Å². The molecule has 0 unspecified atom stereocenters. The highest BCUT2D eigenvalue weighted by atomic mass is 28.3. The number of ether oxygens (including phenoxy) is 2. The Bertz CT molecular complexity index is 1010. The highest BCUT2D eigenvalue weighted by molar-refractivity contribution is 7.04. The van der Waals surface area contributed by atoms with Crippen LogP contribution in [0.25, 0.3) is 0 Å². The van der Waals surface area contributed by atoms with Gasteiger partial charge in [-0.15, -0.1) is 0 Å². The summed E-state index contributed by atoms with van der Waals surface area (Å²) in [6.07, 6.45) is 0.626. The van der Waals surface area contributed by atoms with Crippen LogP contribution in [0.3, 0.4) is 0 Å². The van der Waals surface area contributed by atoms with Gasteiger partial charge in [-0.2, -0.15) is 0 Å². The van der Waals surface area contributed by atoms with E-state index in [2.05, 4.69) is 81.4 Å². The van der Waals surface area contributed by atoms with E-state index in [0.29, 0.717) is 13.0 Å². The van der Waals surface area contributed by atoms with Crippen molar-refractivity contribution in [2.45, 2.75) is 56.9 Å². The largest absolute Gasteiger partial charge is 0.464 e. The SMILES string of the molecule is CCOC(=O)[C@]1(c2ccccc2)C[C@@H](C[Si](c2ccccc2)(c2ccccc2)C(C)(C)C)O1. The molecular weight excluding hydrogens is 424 g/mol. The minimum absolute atomic E-state index is 0.0130. The van der Waals surface area contributed by atoms with Gasteiger partial charge in [-0.25, -0.2) is 4.79 Å². The molecule has 1 fully saturated rings. The van der Waals surface area contributed by atoms with Crippen molar-refractivity contribution in [3.8, 4) is 0 Å². The third kappa shape index (κ3) is 4.18. The molecule has 0 aliphatic carbocycles. The molecule has 4 rings (SSSR count). The lowest BCUT2D eigenvalue weighted by molar-refractivity contribution is -0.227. The summed E-state index contributed by atoms with van der Waals surface area (Å²) in [6, 6.07) is 32.5. The average Bonchev–Trinajstić information content (AvgIpc) is 2.80. The van der Waals surface area contributed by atoms with Gasteiger partial charge < -0.3 is 9.47 Å². The van der Waals surface area contributed by atoms with Crippen LogP contribution in [-0.2, 0) is 19.9 Å². The summed E-state index contributed by atoms with van der Waals surface area (Å²) >= 11 is 0. The molecule has 0 saturated carbocycles. The maximum atomic E-state index is 13.1. The van der Waals surface area contributed by atoms with Gasteiger partial charge in [-0.1, -0.05) is 122 Å². The second-order valence-corrected chi connectivity index (χ2v) is 14.8. The van der Waals surface area contributed by atoms with E-state index in [0.717, 1.165) is 11.6 Å². The number of hydrogen-bond donors (Lipinski definition) is 0. The van der Waals surface area contributed by atoms with Crippen molar-refractivity contribution in [2.24, 2.45) is 0 Å². The molecule has 4 heteroatoms. The minimum atomic E-state index is -2.28. The molecule has 0 bridgehead atoms. The lowest BCUT2D eigenvalue weighted by Gasteiger charge is -2.52. The first-order valence-electron chi connectivity index (χ1n) is 11.8. The van der Waals surface area contributed by atoms with Gasteiger partial charge >= 0.3 is 5.97 Å². The second-order valence-electron chi connectivity index (χ2n) is 9.95. The number of benzene rings is 3. The van der Waals surface area contributed by atoms with Crippen LogP contribution in [0, 0.1) is 0 Å². The van der Waals surface area contributed by atoms with Gasteiger partial charge in [0.1, 0.15) is 8.07 Å². The van der Waals surface area contributed by atoms with Crippen molar-refractivity contribution in [1.82, 2.24) is 0 Å². The van der Waals surface area contributed by atoms with E-state index < -0.39 is 13.7 Å². The summed E-state index contributed by atoms with van der Waals surface area (Å²) in [7, 11) is -2.28. The number of carbonyl (C=O) groups excluding carboxylic acids is 1. The van der Waals surface area contributed by atoms with Crippen molar-refractivity contribution in [3.63, 3.8) is 0 Å². The lowest BCUT2D eigenvalue weighted by atomic mass is 9.83. The molecule has 0 N–H and O–H groups in total. The summed E-state index contributed by atoms with van der Waals surface area (Å²) in [4.78, 5) is 13.1. The Morgan fingerprint density at radius 2 is 1.36 bits per heavy atom. The third-order valence-corrected chi connectivity index (χ3v) is 13.3. The number of rotatable bonds is 7. The standard InChI is InChI=1S/C29H34O3Si/c1-5-31-27(30)29(23-15-9-6-10-16-23)21-24(32-29)22-33(28(2,3)4,25-17-11-7-12-18-25)26-19-13-8-14-20-26/h6-20,24H,5,21-22H2,1-4H3/t24-,29+/m0/s1. The zero-order valence-electron chi connectivity index (χ0n) is 20.1. The normalized spacial score (nSPS) is 20.7. The molecule has 33 heavy (non-hydrogen) atoms. The Balaban J connectivity index is 1.74. The topological polar surface area (TPSA) is 35.5 Å². The minimum Gasteiger partial charge on any atom is -0.464 e. The Morgan fingerprint density at radius 1 is 0.909 bits per heavy atom. The predicted molar refractivity (Wildman–Crippen MR) is 137 cm³/mol. The second kappa shape index (κ2) is 9.28. The number of esters is 1. The van der Waals surface area contributed by atoms with Gasteiger partial charge in [-0.3, -0.25) is 0 Å². The van der Waals surface area contributed by atoms with Crippen LogP contribution in [0.5, 0.6) is 0 Å². The molecule has 0 aromatic heterocycles. The van der Waals surface area contributed by atoms with Crippen molar-refractivity contribution < 1.29 is 14.3 Å². The van der Waals surface area contributed by atoms with Crippen LogP contribution >= 0.6 is 0 Å². The molecular formula is C29H34O3Si. The van der Waals surface area contributed by atoms with E-state index in [1.54, 1.807) is 0 Å². The van der Waals surface area contributed by atoms with Crippen molar-refractivity contribution >= 4 is 24.4 Å². The van der Waals surface area contributed by atoms with Crippen LogP contribution in [0.2, 0.25) is 11.1 Å². The Morgan fingerprint density at radius 3 is 1.79 bits per heavy atom. The fraction of sp³-hybridized carbons (Fsp3) is 0.345. The van der Waals surface area contributed by atoms with E-state index in [1.165, 1.54) is 10.4 Å². The van der Waals surface area contributed by atoms with E-state index in [1.807, 2.05) is 37.3 Å². The Labute approximate surface area is 198 Å². The monoisotopic (exact) mass is 458 g/mol. The van der Waals surface area contributed by atoms with Crippen molar-refractivity contribution in [1.29, 1.82) is 0 Å². The zero-order valence-corrected chi connectivity index (χ0v) is 21.1. The van der Waals surface area contributed by atoms with Gasteiger partial charge in [-0.05, 0) is 23.6 Å². The molecule has 1 heterocycles. The van der Waals surface area contributed by atoms with E-state index in [4.69, 9.17) is 9.47 Å². The van der Waals surface area contributed by atoms with Crippen molar-refractivity contribution in [2.75, 3.05) is 6.61 Å². The summed E-state index contributed by atoms with van der Waals surface area (Å²) < 4.78 is 12.0. The van der Waals surface area contributed by atoms with Gasteiger partial charge in [0.15, 0.2) is 5.60 Å².